The lowest BCUT2D eigenvalue weighted by atomic mass is 10.2. The normalized spacial score (nSPS) is 12.9. The fourth-order valence-electron chi connectivity index (χ4n) is 2.52. The predicted molar refractivity (Wildman–Crippen MR) is 109 cm³/mol. The molecule has 0 spiro atoms. The van der Waals surface area contributed by atoms with E-state index in [0.717, 1.165) is 17.3 Å². The number of nitrogens with zero attached hydrogens (tertiary/aromatic N) is 4. The van der Waals surface area contributed by atoms with Gasteiger partial charge >= 0.3 is 5.97 Å². The van der Waals surface area contributed by atoms with Crippen LogP contribution in [0.15, 0.2) is 41.4 Å². The van der Waals surface area contributed by atoms with Crippen molar-refractivity contribution >= 4 is 40.2 Å². The summed E-state index contributed by atoms with van der Waals surface area (Å²) in [5, 5.41) is 19.8. The molecule has 0 saturated carbocycles. The number of allylic oxidation sites excluding steroid dienone is 1. The van der Waals surface area contributed by atoms with Crippen molar-refractivity contribution in [1.29, 1.82) is 5.26 Å². The van der Waals surface area contributed by atoms with Crippen molar-refractivity contribution < 1.29 is 14.6 Å². The number of nitriles is 1. The summed E-state index contributed by atoms with van der Waals surface area (Å²) in [6, 6.07) is 9.31. The van der Waals surface area contributed by atoms with E-state index in [9.17, 15) is 15.2 Å². The molecule has 0 fully saturated rings. The van der Waals surface area contributed by atoms with E-state index < -0.39 is 11.2 Å². The Bertz CT molecular complexity index is 1100. The lowest BCUT2D eigenvalue weighted by Gasteiger charge is -2.11. The number of para-hydroxylation sites is 2. The number of carbonyl (C=O) groups is 1. The predicted octanol–water partition coefficient (Wildman–Crippen LogP) is 3.09. The van der Waals surface area contributed by atoms with Crippen LogP contribution in [0.1, 0.15) is 30.0 Å². The number of benzene rings is 1. The first-order valence-electron chi connectivity index (χ1n) is 8.69. The number of H-pyrrole nitrogens is 1. The number of aliphatic hydroxyl groups is 1. The number of esters is 1. The van der Waals surface area contributed by atoms with E-state index >= 15 is 0 Å². The van der Waals surface area contributed by atoms with Crippen LogP contribution in [-0.4, -0.2) is 42.9 Å². The van der Waals surface area contributed by atoms with Crippen LogP contribution in [0, 0.1) is 11.3 Å². The minimum absolute atomic E-state index is 0.0191. The number of aromatic nitrogens is 4. The van der Waals surface area contributed by atoms with Gasteiger partial charge in [-0.2, -0.15) is 5.26 Å². The molecule has 2 aromatic heterocycles. The second-order valence-corrected chi connectivity index (χ2v) is 7.21. The Labute approximate surface area is 170 Å². The molecule has 0 saturated heterocycles. The van der Waals surface area contributed by atoms with Gasteiger partial charge in [-0.05, 0) is 26.0 Å². The molecule has 10 heteroatoms. The molecular weight excluding hydrogens is 392 g/mol. The Kier molecular flexibility index (Phi) is 5.99. The van der Waals surface area contributed by atoms with Gasteiger partial charge in [0.05, 0.1) is 22.9 Å². The molecule has 4 N–H and O–H groups in total. The minimum Gasteiger partial charge on any atom is -0.510 e. The van der Waals surface area contributed by atoms with Gasteiger partial charge in [-0.25, -0.2) is 19.7 Å². The fraction of sp³-hybridized carbons (Fsp3) is 0.211. The van der Waals surface area contributed by atoms with Gasteiger partial charge in [-0.3, -0.25) is 0 Å². The van der Waals surface area contributed by atoms with Crippen LogP contribution in [-0.2, 0) is 4.74 Å². The lowest BCUT2D eigenvalue weighted by molar-refractivity contribution is 0.0526. The van der Waals surface area contributed by atoms with Crippen LogP contribution in [0.3, 0.4) is 0 Å². The number of hydrogen-bond acceptors (Lipinski definition) is 9. The molecule has 0 aliphatic rings. The highest BCUT2D eigenvalue weighted by Gasteiger charge is 2.21. The average Bonchev–Trinajstić information content (AvgIpc) is 3.12. The number of ether oxygens (including phenoxy) is 1. The molecule has 3 rings (SSSR count). The standard InChI is InChI=1S/C19H18N6O3S/c1-3-28-18(27)12-9-22-19(25-16(12)21)29-10(2)15(26)11(8-20)17-23-13-6-4-5-7-14(13)24-17/h4-7,9-10,26H,3H2,1-2H3,(H,23,24)(H2,21,22,25)/b15-11-. The van der Waals surface area contributed by atoms with E-state index in [-0.39, 0.29) is 40.3 Å². The minimum atomic E-state index is -0.603. The number of thioether (sulfide) groups is 1. The molecule has 0 aliphatic heterocycles. The highest BCUT2D eigenvalue weighted by atomic mass is 32.2. The first-order chi connectivity index (χ1) is 13.9. The topological polar surface area (TPSA) is 151 Å². The van der Waals surface area contributed by atoms with E-state index in [1.807, 2.05) is 24.3 Å². The summed E-state index contributed by atoms with van der Waals surface area (Å²) in [7, 11) is 0. The summed E-state index contributed by atoms with van der Waals surface area (Å²) in [4.78, 5) is 27.3. The fourth-order valence-corrected chi connectivity index (χ4v) is 3.33. The van der Waals surface area contributed by atoms with Crippen molar-refractivity contribution in [1.82, 2.24) is 19.9 Å². The van der Waals surface area contributed by atoms with Crippen molar-refractivity contribution in [3.8, 4) is 6.07 Å². The van der Waals surface area contributed by atoms with Crippen LogP contribution in [0.5, 0.6) is 0 Å². The number of aromatic amines is 1. The smallest absolute Gasteiger partial charge is 0.343 e. The largest absolute Gasteiger partial charge is 0.510 e. The number of nitrogens with two attached hydrogens (primary N) is 1. The highest BCUT2D eigenvalue weighted by molar-refractivity contribution is 7.99. The zero-order valence-corrected chi connectivity index (χ0v) is 16.5. The summed E-state index contributed by atoms with van der Waals surface area (Å²) >= 11 is 1.09. The van der Waals surface area contributed by atoms with Gasteiger partial charge in [0, 0.05) is 6.20 Å². The third kappa shape index (κ3) is 4.30. The number of imidazole rings is 1. The summed E-state index contributed by atoms with van der Waals surface area (Å²) in [5.41, 5.74) is 7.36. The second-order valence-electron chi connectivity index (χ2n) is 5.91. The molecule has 9 nitrogen and oxygen atoms in total. The Morgan fingerprint density at radius 2 is 2.17 bits per heavy atom. The SMILES string of the molecule is CCOC(=O)c1cnc(SC(C)/C(O)=C(\C#N)c2nc3ccccc3[nH]2)nc1N. The van der Waals surface area contributed by atoms with Gasteiger partial charge in [0.1, 0.15) is 28.8 Å². The van der Waals surface area contributed by atoms with Gasteiger partial charge in [-0.15, -0.1) is 0 Å². The zero-order valence-electron chi connectivity index (χ0n) is 15.7. The summed E-state index contributed by atoms with van der Waals surface area (Å²) < 4.78 is 4.89. The number of aliphatic hydroxyl groups excluding tert-OH is 1. The van der Waals surface area contributed by atoms with Gasteiger partial charge < -0.3 is 20.6 Å². The van der Waals surface area contributed by atoms with E-state index in [4.69, 9.17) is 10.5 Å². The van der Waals surface area contributed by atoms with Crippen molar-refractivity contribution in [3.05, 3.63) is 47.6 Å². The number of anilines is 1. The van der Waals surface area contributed by atoms with Crippen molar-refractivity contribution in [3.63, 3.8) is 0 Å². The molecule has 1 atom stereocenters. The Hall–Kier alpha value is -3.58. The lowest BCUT2D eigenvalue weighted by Crippen LogP contribution is -2.11. The molecule has 29 heavy (non-hydrogen) atoms. The molecule has 1 unspecified atom stereocenters. The van der Waals surface area contributed by atoms with Crippen molar-refractivity contribution in [2.24, 2.45) is 0 Å². The van der Waals surface area contributed by atoms with E-state index in [0.29, 0.717) is 5.52 Å². The zero-order chi connectivity index (χ0) is 21.0. The number of nitrogen functional groups attached to an aromatic ring is 1. The molecule has 0 aliphatic carbocycles. The number of fused-ring (bicyclic) bond motifs is 1. The first-order valence-corrected chi connectivity index (χ1v) is 9.57. The maximum atomic E-state index is 11.8. The van der Waals surface area contributed by atoms with Crippen LogP contribution < -0.4 is 5.73 Å². The van der Waals surface area contributed by atoms with Crippen LogP contribution in [0.2, 0.25) is 0 Å². The second kappa shape index (κ2) is 8.62. The molecular formula is C19H18N6O3S. The van der Waals surface area contributed by atoms with E-state index in [2.05, 4.69) is 19.9 Å². The molecule has 0 amide bonds. The molecule has 0 bridgehead atoms. The first kappa shape index (κ1) is 20.2. The molecule has 2 heterocycles. The third-order valence-corrected chi connectivity index (χ3v) is 4.94. The van der Waals surface area contributed by atoms with Crippen LogP contribution in [0.25, 0.3) is 16.6 Å². The van der Waals surface area contributed by atoms with Crippen LogP contribution >= 0.6 is 11.8 Å². The van der Waals surface area contributed by atoms with Crippen molar-refractivity contribution in [2.75, 3.05) is 12.3 Å². The van der Waals surface area contributed by atoms with Gasteiger partial charge in [-0.1, -0.05) is 23.9 Å². The molecule has 1 aromatic carbocycles. The van der Waals surface area contributed by atoms with Crippen LogP contribution in [0.4, 0.5) is 5.82 Å². The van der Waals surface area contributed by atoms with Gasteiger partial charge in [0.15, 0.2) is 11.0 Å². The Balaban J connectivity index is 1.85. The number of carbonyl (C=O) groups excluding carboxylic acids is 1. The third-order valence-electron chi connectivity index (χ3n) is 3.95. The maximum absolute atomic E-state index is 11.8. The van der Waals surface area contributed by atoms with E-state index in [1.54, 1.807) is 19.9 Å². The number of nitrogens with one attached hydrogen (secondary N) is 1. The molecule has 148 valence electrons. The number of rotatable bonds is 6. The Morgan fingerprint density at radius 3 is 2.83 bits per heavy atom. The summed E-state index contributed by atoms with van der Waals surface area (Å²) in [6.07, 6.45) is 1.28. The molecule has 3 aromatic rings. The average molecular weight is 410 g/mol. The maximum Gasteiger partial charge on any atom is 0.343 e. The summed E-state index contributed by atoms with van der Waals surface area (Å²) in [5.74, 6) is -0.520. The van der Waals surface area contributed by atoms with Gasteiger partial charge in [0.2, 0.25) is 0 Å². The Morgan fingerprint density at radius 1 is 1.41 bits per heavy atom. The molecule has 0 radical (unpaired) electrons. The quantitative estimate of drug-likeness (QED) is 0.183. The highest BCUT2D eigenvalue weighted by Crippen LogP contribution is 2.29. The van der Waals surface area contributed by atoms with Crippen molar-refractivity contribution in [2.45, 2.75) is 24.3 Å². The van der Waals surface area contributed by atoms with Gasteiger partial charge in [0.25, 0.3) is 0 Å². The van der Waals surface area contributed by atoms with E-state index in [1.165, 1.54) is 6.20 Å². The number of hydrogen-bond donors (Lipinski definition) is 3. The monoisotopic (exact) mass is 410 g/mol. The summed E-state index contributed by atoms with van der Waals surface area (Å²) in [6.45, 7) is 3.59.